The Morgan fingerprint density at radius 1 is 1.03 bits per heavy atom. The number of ether oxygens (including phenoxy) is 3. The lowest BCUT2D eigenvalue weighted by molar-refractivity contribution is 0.0838. The van der Waals surface area contributed by atoms with Crippen LogP contribution in [0.15, 0.2) is 59.0 Å². The van der Waals surface area contributed by atoms with Crippen LogP contribution in [0.5, 0.6) is 11.7 Å². The molecule has 0 aliphatic heterocycles. The SMILES string of the molecule is COc1ccc(-c2nc(CCO[Si](C)(C)C(C)(C)C)c(OC(=O)OCc3ccccc3)o2)cc1. The average Bonchev–Trinajstić information content (AvgIpc) is 3.20. The summed E-state index contributed by atoms with van der Waals surface area (Å²) in [6.45, 7) is 11.5. The molecule has 0 atom stereocenters. The van der Waals surface area contributed by atoms with E-state index in [1.807, 2.05) is 54.6 Å². The molecule has 34 heavy (non-hydrogen) atoms. The van der Waals surface area contributed by atoms with E-state index in [4.69, 9.17) is 23.1 Å². The molecule has 1 aromatic heterocycles. The number of nitrogens with zero attached hydrogens (tertiary/aromatic N) is 1. The van der Waals surface area contributed by atoms with Crippen molar-refractivity contribution < 1.29 is 27.8 Å². The van der Waals surface area contributed by atoms with Crippen LogP contribution in [0.2, 0.25) is 18.1 Å². The molecule has 0 radical (unpaired) electrons. The number of carbonyl (C=O) groups is 1. The highest BCUT2D eigenvalue weighted by molar-refractivity contribution is 6.74. The summed E-state index contributed by atoms with van der Waals surface area (Å²) in [5.74, 6) is 1.08. The van der Waals surface area contributed by atoms with Gasteiger partial charge in [0.1, 0.15) is 18.1 Å². The maximum Gasteiger partial charge on any atom is 0.516 e. The van der Waals surface area contributed by atoms with Gasteiger partial charge in [0.15, 0.2) is 8.32 Å². The molecule has 0 saturated carbocycles. The van der Waals surface area contributed by atoms with Gasteiger partial charge in [-0.2, -0.15) is 0 Å². The number of oxazole rings is 1. The van der Waals surface area contributed by atoms with Gasteiger partial charge >= 0.3 is 12.1 Å². The summed E-state index contributed by atoms with van der Waals surface area (Å²) in [6, 6.07) is 16.7. The molecule has 0 aliphatic rings. The van der Waals surface area contributed by atoms with Gasteiger partial charge < -0.3 is 23.1 Å². The summed E-state index contributed by atoms with van der Waals surface area (Å²) in [5, 5.41) is 0.0889. The van der Waals surface area contributed by atoms with Crippen molar-refractivity contribution in [3.8, 4) is 23.1 Å². The fraction of sp³-hybridized carbons (Fsp3) is 0.385. The zero-order valence-corrected chi connectivity index (χ0v) is 21.7. The molecule has 0 aliphatic carbocycles. The number of methoxy groups -OCH3 is 1. The predicted molar refractivity (Wildman–Crippen MR) is 133 cm³/mol. The minimum absolute atomic E-state index is 0.0164. The number of hydrogen-bond acceptors (Lipinski definition) is 7. The molecule has 8 heteroatoms. The summed E-state index contributed by atoms with van der Waals surface area (Å²) >= 11 is 0. The second-order valence-electron chi connectivity index (χ2n) is 9.47. The van der Waals surface area contributed by atoms with Crippen LogP contribution in [0.4, 0.5) is 4.79 Å². The molecule has 3 aromatic rings. The van der Waals surface area contributed by atoms with Gasteiger partial charge in [-0.25, -0.2) is 9.78 Å². The first-order valence-electron chi connectivity index (χ1n) is 11.3. The normalized spacial score (nSPS) is 11.8. The van der Waals surface area contributed by atoms with Crippen LogP contribution in [-0.4, -0.2) is 33.2 Å². The summed E-state index contributed by atoms with van der Waals surface area (Å²) in [6.07, 6.45) is -0.416. The van der Waals surface area contributed by atoms with Gasteiger partial charge in [-0.15, -0.1) is 0 Å². The van der Waals surface area contributed by atoms with E-state index >= 15 is 0 Å². The Balaban J connectivity index is 1.74. The van der Waals surface area contributed by atoms with E-state index < -0.39 is 14.5 Å². The van der Waals surface area contributed by atoms with Crippen LogP contribution in [0, 0.1) is 0 Å². The predicted octanol–water partition coefficient (Wildman–Crippen LogP) is 6.63. The first kappa shape index (κ1) is 25.5. The first-order chi connectivity index (χ1) is 16.1. The van der Waals surface area contributed by atoms with E-state index in [-0.39, 0.29) is 17.6 Å². The highest BCUT2D eigenvalue weighted by atomic mass is 28.4. The summed E-state index contributed by atoms with van der Waals surface area (Å²) in [7, 11) is -0.326. The Hall–Kier alpha value is -3.10. The quantitative estimate of drug-likeness (QED) is 0.250. The Bertz CT molecular complexity index is 1070. The second kappa shape index (κ2) is 10.9. The Kier molecular flexibility index (Phi) is 8.17. The first-order valence-corrected chi connectivity index (χ1v) is 14.2. The van der Waals surface area contributed by atoms with Crippen molar-refractivity contribution in [1.29, 1.82) is 0 Å². The molecule has 0 spiro atoms. The molecule has 1 heterocycles. The van der Waals surface area contributed by atoms with Crippen molar-refractivity contribution in [1.82, 2.24) is 4.98 Å². The molecule has 0 fully saturated rings. The molecular weight excluding hydrogens is 450 g/mol. The number of rotatable bonds is 9. The zero-order chi connectivity index (χ0) is 24.8. The van der Waals surface area contributed by atoms with E-state index in [2.05, 4.69) is 38.8 Å². The van der Waals surface area contributed by atoms with Gasteiger partial charge in [0.05, 0.1) is 7.11 Å². The topological polar surface area (TPSA) is 80.0 Å². The smallest absolute Gasteiger partial charge is 0.497 e. The average molecular weight is 484 g/mol. The van der Waals surface area contributed by atoms with Crippen molar-refractivity contribution in [2.24, 2.45) is 0 Å². The van der Waals surface area contributed by atoms with Crippen LogP contribution < -0.4 is 9.47 Å². The van der Waals surface area contributed by atoms with E-state index in [1.54, 1.807) is 7.11 Å². The van der Waals surface area contributed by atoms with Gasteiger partial charge in [-0.05, 0) is 48.0 Å². The van der Waals surface area contributed by atoms with Gasteiger partial charge in [0.25, 0.3) is 0 Å². The molecule has 2 aromatic carbocycles. The number of benzene rings is 2. The van der Waals surface area contributed by atoms with Crippen LogP contribution in [0.3, 0.4) is 0 Å². The van der Waals surface area contributed by atoms with Gasteiger partial charge in [0.2, 0.25) is 5.89 Å². The zero-order valence-electron chi connectivity index (χ0n) is 20.7. The van der Waals surface area contributed by atoms with Crippen LogP contribution in [0.25, 0.3) is 11.5 Å². The van der Waals surface area contributed by atoms with E-state index in [9.17, 15) is 4.79 Å². The monoisotopic (exact) mass is 483 g/mol. The van der Waals surface area contributed by atoms with Crippen LogP contribution >= 0.6 is 0 Å². The van der Waals surface area contributed by atoms with Gasteiger partial charge in [0, 0.05) is 18.6 Å². The fourth-order valence-corrected chi connectivity index (χ4v) is 3.92. The van der Waals surface area contributed by atoms with Crippen molar-refractivity contribution in [3.63, 3.8) is 0 Å². The van der Waals surface area contributed by atoms with Gasteiger partial charge in [-0.1, -0.05) is 51.1 Å². The lowest BCUT2D eigenvalue weighted by atomic mass is 10.2. The lowest BCUT2D eigenvalue weighted by Crippen LogP contribution is -2.41. The molecule has 0 bridgehead atoms. The van der Waals surface area contributed by atoms with E-state index in [0.29, 0.717) is 24.6 Å². The summed E-state index contributed by atoms with van der Waals surface area (Å²) < 4.78 is 28.0. The van der Waals surface area contributed by atoms with Crippen LogP contribution in [-0.2, 0) is 22.2 Å². The standard InChI is InChI=1S/C26H33NO6Si/c1-26(2,3)34(5,6)31-17-16-22-24(33-25(28)30-18-19-10-8-7-9-11-19)32-23(27-22)20-12-14-21(29-4)15-13-20/h7-15H,16-18H2,1-6H3. The fourth-order valence-electron chi connectivity index (χ4n) is 2.87. The Labute approximate surface area is 202 Å². The maximum atomic E-state index is 12.4. The molecular formula is C26H33NO6Si. The Morgan fingerprint density at radius 3 is 2.32 bits per heavy atom. The summed E-state index contributed by atoms with van der Waals surface area (Å²) in [4.78, 5) is 16.9. The van der Waals surface area contributed by atoms with E-state index in [0.717, 1.165) is 16.9 Å². The highest BCUT2D eigenvalue weighted by Crippen LogP contribution is 2.37. The molecule has 0 unspecified atom stereocenters. The minimum Gasteiger partial charge on any atom is -0.497 e. The maximum absolute atomic E-state index is 12.4. The van der Waals surface area contributed by atoms with E-state index in [1.165, 1.54) is 0 Å². The van der Waals surface area contributed by atoms with Gasteiger partial charge in [-0.3, -0.25) is 0 Å². The molecule has 0 N–H and O–H groups in total. The largest absolute Gasteiger partial charge is 0.516 e. The molecule has 3 rings (SSSR count). The van der Waals surface area contributed by atoms with Crippen molar-refractivity contribution in [2.45, 2.75) is 51.9 Å². The third kappa shape index (κ3) is 6.71. The highest BCUT2D eigenvalue weighted by Gasteiger charge is 2.37. The summed E-state index contributed by atoms with van der Waals surface area (Å²) in [5.41, 5.74) is 2.10. The number of carbonyl (C=O) groups excluding carboxylic acids is 1. The third-order valence-corrected chi connectivity index (χ3v) is 10.5. The number of hydrogen-bond donors (Lipinski definition) is 0. The van der Waals surface area contributed by atoms with Crippen molar-refractivity contribution in [2.75, 3.05) is 13.7 Å². The Morgan fingerprint density at radius 2 is 1.71 bits per heavy atom. The molecule has 182 valence electrons. The van der Waals surface area contributed by atoms with Crippen molar-refractivity contribution in [3.05, 3.63) is 65.9 Å². The van der Waals surface area contributed by atoms with Crippen LogP contribution in [0.1, 0.15) is 32.0 Å². The molecule has 0 saturated heterocycles. The number of aromatic nitrogens is 1. The molecule has 0 amide bonds. The minimum atomic E-state index is -1.93. The lowest BCUT2D eigenvalue weighted by Gasteiger charge is -2.36. The molecule has 7 nitrogen and oxygen atoms in total. The third-order valence-electron chi connectivity index (χ3n) is 5.98. The van der Waals surface area contributed by atoms with Crippen molar-refractivity contribution >= 4 is 14.5 Å². The second-order valence-corrected chi connectivity index (χ2v) is 14.3.